The van der Waals surface area contributed by atoms with E-state index in [1.807, 2.05) is 0 Å². The van der Waals surface area contributed by atoms with Gasteiger partial charge in [-0.1, -0.05) is 13.3 Å². The number of hydrogen-bond donors (Lipinski definition) is 2. The minimum Gasteiger partial charge on any atom is -0.508 e. The lowest BCUT2D eigenvalue weighted by atomic mass is 10.2. The van der Waals surface area contributed by atoms with Crippen LogP contribution in [0.4, 0.5) is 0 Å². The summed E-state index contributed by atoms with van der Waals surface area (Å²) >= 11 is 0. The highest BCUT2D eigenvalue weighted by atomic mass is 16.7. The predicted molar refractivity (Wildman–Crippen MR) is 80.8 cm³/mol. The van der Waals surface area contributed by atoms with Crippen molar-refractivity contribution >= 4 is 0 Å². The van der Waals surface area contributed by atoms with E-state index in [4.69, 9.17) is 9.47 Å². The van der Waals surface area contributed by atoms with Crippen LogP contribution in [0, 0.1) is 0 Å². The van der Waals surface area contributed by atoms with Gasteiger partial charge in [-0.25, -0.2) is 0 Å². The van der Waals surface area contributed by atoms with Crippen molar-refractivity contribution in [1.82, 2.24) is 0 Å². The molecule has 0 unspecified atom stereocenters. The van der Waals surface area contributed by atoms with Crippen molar-refractivity contribution < 1.29 is 19.7 Å². The summed E-state index contributed by atoms with van der Waals surface area (Å²) in [6.45, 7) is 2.11. The molecule has 2 aromatic rings. The molecule has 0 fully saturated rings. The molecular formula is C17H20O4. The second kappa shape index (κ2) is 7.43. The molecule has 0 aliphatic heterocycles. The van der Waals surface area contributed by atoms with Gasteiger partial charge in [-0.05, 0) is 55.0 Å². The Bertz CT molecular complexity index is 486. The number of unbranched alkanes of at least 4 members (excludes halogenated alkanes) is 1. The number of rotatable bonds is 7. The van der Waals surface area contributed by atoms with Gasteiger partial charge in [0, 0.05) is 6.42 Å². The lowest BCUT2D eigenvalue weighted by Gasteiger charge is -2.20. The van der Waals surface area contributed by atoms with Crippen LogP contribution in [0.15, 0.2) is 48.5 Å². The van der Waals surface area contributed by atoms with Crippen LogP contribution < -0.4 is 9.47 Å². The Morgan fingerprint density at radius 2 is 1.24 bits per heavy atom. The molecule has 0 amide bonds. The molecule has 4 nitrogen and oxygen atoms in total. The molecule has 0 aliphatic rings. The van der Waals surface area contributed by atoms with Crippen molar-refractivity contribution in [3.8, 4) is 23.0 Å². The highest BCUT2D eigenvalue weighted by Crippen LogP contribution is 2.22. The van der Waals surface area contributed by atoms with Crippen molar-refractivity contribution in [2.24, 2.45) is 0 Å². The maximum Gasteiger partial charge on any atom is 0.241 e. The quantitative estimate of drug-likeness (QED) is 0.754. The van der Waals surface area contributed by atoms with Crippen LogP contribution in [-0.4, -0.2) is 16.5 Å². The molecule has 0 atom stereocenters. The van der Waals surface area contributed by atoms with Crippen LogP contribution in [0.1, 0.15) is 26.2 Å². The van der Waals surface area contributed by atoms with Gasteiger partial charge in [-0.3, -0.25) is 0 Å². The molecule has 2 N–H and O–H groups in total. The normalized spacial score (nSPS) is 10.6. The van der Waals surface area contributed by atoms with Crippen molar-refractivity contribution in [2.45, 2.75) is 32.5 Å². The maximum absolute atomic E-state index is 9.28. The first kappa shape index (κ1) is 15.0. The van der Waals surface area contributed by atoms with Crippen LogP contribution >= 0.6 is 0 Å². The smallest absolute Gasteiger partial charge is 0.241 e. The van der Waals surface area contributed by atoms with E-state index in [-0.39, 0.29) is 11.5 Å². The summed E-state index contributed by atoms with van der Waals surface area (Å²) < 4.78 is 11.6. The number of benzene rings is 2. The summed E-state index contributed by atoms with van der Waals surface area (Å²) in [6.07, 6.45) is 2.40. The largest absolute Gasteiger partial charge is 0.508 e. The number of phenols is 2. The molecule has 0 bridgehead atoms. The molecule has 112 valence electrons. The second-order valence-corrected chi connectivity index (χ2v) is 4.80. The number of phenolic OH excluding ortho intramolecular Hbond substituents is 2. The molecular weight excluding hydrogens is 268 g/mol. The summed E-state index contributed by atoms with van der Waals surface area (Å²) in [7, 11) is 0. The number of hydrogen-bond acceptors (Lipinski definition) is 4. The van der Waals surface area contributed by atoms with E-state index >= 15 is 0 Å². The first-order valence-corrected chi connectivity index (χ1v) is 7.08. The van der Waals surface area contributed by atoms with Gasteiger partial charge >= 0.3 is 0 Å². The molecule has 21 heavy (non-hydrogen) atoms. The Hall–Kier alpha value is -2.36. The van der Waals surface area contributed by atoms with E-state index in [0.717, 1.165) is 19.3 Å². The van der Waals surface area contributed by atoms with Crippen LogP contribution in [0.2, 0.25) is 0 Å². The fraction of sp³-hybridized carbons (Fsp3) is 0.294. The van der Waals surface area contributed by atoms with Gasteiger partial charge in [0.2, 0.25) is 6.29 Å². The van der Waals surface area contributed by atoms with Crippen LogP contribution in [0.3, 0.4) is 0 Å². The Kier molecular flexibility index (Phi) is 5.32. The summed E-state index contributed by atoms with van der Waals surface area (Å²) in [6, 6.07) is 13.1. The van der Waals surface area contributed by atoms with Gasteiger partial charge < -0.3 is 19.7 Å². The minimum absolute atomic E-state index is 0.201. The van der Waals surface area contributed by atoms with Crippen LogP contribution in [0.25, 0.3) is 0 Å². The number of aromatic hydroxyl groups is 2. The predicted octanol–water partition coefficient (Wildman–Crippen LogP) is 4.07. The monoisotopic (exact) mass is 288 g/mol. The van der Waals surface area contributed by atoms with E-state index in [0.29, 0.717) is 11.5 Å². The molecule has 2 rings (SSSR count). The molecule has 0 aliphatic carbocycles. The summed E-state index contributed by atoms with van der Waals surface area (Å²) in [4.78, 5) is 0. The molecule has 0 spiro atoms. The Morgan fingerprint density at radius 1 is 0.810 bits per heavy atom. The molecule has 2 aromatic carbocycles. The van der Waals surface area contributed by atoms with Gasteiger partial charge in [0.05, 0.1) is 0 Å². The first-order valence-electron chi connectivity index (χ1n) is 7.08. The third-order valence-corrected chi connectivity index (χ3v) is 3.00. The highest BCUT2D eigenvalue weighted by molar-refractivity contribution is 5.31. The molecule has 0 saturated carbocycles. The van der Waals surface area contributed by atoms with Gasteiger partial charge in [0.15, 0.2) is 0 Å². The van der Waals surface area contributed by atoms with Gasteiger partial charge in [0.1, 0.15) is 23.0 Å². The minimum atomic E-state index is -0.404. The summed E-state index contributed by atoms with van der Waals surface area (Å²) in [5, 5.41) is 18.6. The van der Waals surface area contributed by atoms with Gasteiger partial charge in [0.25, 0.3) is 0 Å². The van der Waals surface area contributed by atoms with E-state index in [1.165, 1.54) is 0 Å². The third kappa shape index (κ3) is 4.91. The topological polar surface area (TPSA) is 58.9 Å². The van der Waals surface area contributed by atoms with E-state index in [2.05, 4.69) is 6.92 Å². The number of ether oxygens (including phenoxy) is 2. The van der Waals surface area contributed by atoms with Crippen LogP contribution in [0.5, 0.6) is 23.0 Å². The fourth-order valence-electron chi connectivity index (χ4n) is 1.87. The lowest BCUT2D eigenvalue weighted by molar-refractivity contribution is -0.00219. The Morgan fingerprint density at radius 3 is 1.62 bits per heavy atom. The highest BCUT2D eigenvalue weighted by Gasteiger charge is 2.12. The standard InChI is InChI=1S/C17H20O4/c1-2-3-4-17(20-15-9-5-13(18)6-10-15)21-16-11-7-14(19)8-12-16/h5-12,17-19H,2-4H2,1H3. The SMILES string of the molecule is CCCCC(Oc1ccc(O)cc1)Oc1ccc(O)cc1. The zero-order valence-corrected chi connectivity index (χ0v) is 12.0. The Balaban J connectivity index is 2.02. The molecule has 0 radical (unpaired) electrons. The lowest BCUT2D eigenvalue weighted by Crippen LogP contribution is -2.23. The van der Waals surface area contributed by atoms with Gasteiger partial charge in [-0.15, -0.1) is 0 Å². The van der Waals surface area contributed by atoms with Crippen molar-refractivity contribution in [1.29, 1.82) is 0 Å². The van der Waals surface area contributed by atoms with Crippen molar-refractivity contribution in [3.05, 3.63) is 48.5 Å². The molecule has 4 heteroatoms. The fourth-order valence-corrected chi connectivity index (χ4v) is 1.87. The zero-order chi connectivity index (χ0) is 15.1. The molecule has 0 aromatic heterocycles. The average molecular weight is 288 g/mol. The average Bonchev–Trinajstić information content (AvgIpc) is 2.49. The van der Waals surface area contributed by atoms with Crippen LogP contribution in [-0.2, 0) is 0 Å². The third-order valence-electron chi connectivity index (χ3n) is 3.00. The maximum atomic E-state index is 9.28. The van der Waals surface area contributed by atoms with E-state index < -0.39 is 6.29 Å². The second-order valence-electron chi connectivity index (χ2n) is 4.80. The van der Waals surface area contributed by atoms with Crippen molar-refractivity contribution in [3.63, 3.8) is 0 Å². The summed E-state index contributed by atoms with van der Waals surface area (Å²) in [5.74, 6) is 1.69. The summed E-state index contributed by atoms with van der Waals surface area (Å²) in [5.41, 5.74) is 0. The first-order chi connectivity index (χ1) is 10.2. The van der Waals surface area contributed by atoms with E-state index in [9.17, 15) is 10.2 Å². The zero-order valence-electron chi connectivity index (χ0n) is 12.0. The molecule has 0 heterocycles. The van der Waals surface area contributed by atoms with Gasteiger partial charge in [-0.2, -0.15) is 0 Å². The molecule has 0 saturated heterocycles. The Labute approximate surface area is 124 Å². The van der Waals surface area contributed by atoms with E-state index in [1.54, 1.807) is 48.5 Å². The van der Waals surface area contributed by atoms with Crippen molar-refractivity contribution in [2.75, 3.05) is 0 Å².